The van der Waals surface area contributed by atoms with Gasteiger partial charge in [0.05, 0.1) is 54.7 Å². The van der Waals surface area contributed by atoms with Gasteiger partial charge in [0.25, 0.3) is 52.4 Å². The second-order valence-electron chi connectivity index (χ2n) is 18.1. The predicted molar refractivity (Wildman–Crippen MR) is 259 cm³/mol. The van der Waals surface area contributed by atoms with Crippen molar-refractivity contribution in [3.8, 4) is 35.4 Å². The van der Waals surface area contributed by atoms with Crippen molar-refractivity contribution in [2.45, 2.75) is 72.0 Å². The van der Waals surface area contributed by atoms with Crippen LogP contribution < -0.4 is 16.4 Å². The van der Waals surface area contributed by atoms with E-state index in [0.717, 1.165) is 55.4 Å². The average Bonchev–Trinajstić information content (AvgIpc) is 4.08. The lowest BCUT2D eigenvalue weighted by atomic mass is 9.91. The normalized spacial score (nSPS) is 12.9. The number of hydrogen-bond acceptors (Lipinski definition) is 24. The first-order valence-corrected chi connectivity index (χ1v) is 26.5. The molecule has 0 bridgehead atoms. The molecule has 0 spiro atoms. The number of nitrogen functional groups attached to an aromatic ring is 2. The summed E-state index contributed by atoms with van der Waals surface area (Å²) >= 11 is 0. The molecule has 5 heterocycles. The van der Waals surface area contributed by atoms with Crippen LogP contribution >= 0.6 is 0 Å². The molecule has 75 heavy (non-hydrogen) atoms. The van der Waals surface area contributed by atoms with Crippen LogP contribution in [0.3, 0.4) is 0 Å². The van der Waals surface area contributed by atoms with Crippen molar-refractivity contribution in [3.63, 3.8) is 0 Å². The lowest BCUT2D eigenvalue weighted by Gasteiger charge is -2.16. The van der Waals surface area contributed by atoms with E-state index in [4.69, 9.17) is 11.5 Å². The molecule has 7 rings (SSSR count). The fraction of sp³-hybridized carbons (Fsp3) is 0.256. The fourth-order valence-corrected chi connectivity index (χ4v) is 8.98. The van der Waals surface area contributed by atoms with Crippen molar-refractivity contribution in [1.82, 2.24) is 54.1 Å². The molecule has 0 saturated heterocycles. The van der Waals surface area contributed by atoms with E-state index in [1.165, 1.54) is 4.90 Å². The van der Waals surface area contributed by atoms with Crippen LogP contribution in [0.25, 0.3) is 23.3 Å². The second-order valence-corrected chi connectivity index (χ2v) is 23.7. The van der Waals surface area contributed by atoms with Gasteiger partial charge in [-0.15, -0.1) is 20.5 Å². The summed E-state index contributed by atoms with van der Waals surface area (Å²) in [5, 5.41) is 54.5. The highest BCUT2D eigenvalue weighted by Gasteiger charge is 2.32. The third kappa shape index (κ3) is 10.9. The van der Waals surface area contributed by atoms with Gasteiger partial charge in [-0.05, 0) is 36.4 Å². The average molecular weight is 1110 g/mol. The summed E-state index contributed by atoms with van der Waals surface area (Å²) < 4.78 is 140. The number of nitrogens with zero attached hydrogens (tertiary/aromatic N) is 18. The minimum Gasteiger partial charge on any atom is -0.382 e. The highest BCUT2D eigenvalue weighted by atomic mass is 32.2. The maximum absolute atomic E-state index is 12.1. The van der Waals surface area contributed by atoms with Crippen molar-refractivity contribution in [1.29, 1.82) is 10.5 Å². The lowest BCUT2D eigenvalue weighted by Crippen LogP contribution is -2.20. The van der Waals surface area contributed by atoms with Gasteiger partial charge in [-0.2, -0.15) is 88.9 Å². The molecule has 0 aliphatic heterocycles. The zero-order valence-electron chi connectivity index (χ0n) is 40.0. The van der Waals surface area contributed by atoms with E-state index < -0.39 is 93.9 Å². The Balaban J connectivity index is 1.38. The minimum absolute atomic E-state index is 0.00123. The van der Waals surface area contributed by atoms with Crippen LogP contribution in [0.15, 0.2) is 88.8 Å². The molecule has 0 aliphatic rings. The van der Waals surface area contributed by atoms with Crippen LogP contribution in [0.1, 0.15) is 64.1 Å². The summed E-state index contributed by atoms with van der Waals surface area (Å²) in [4.78, 5) is 11.4. The van der Waals surface area contributed by atoms with Crippen LogP contribution in [0.5, 0.6) is 0 Å². The Bertz CT molecular complexity index is 3770. The van der Waals surface area contributed by atoms with Gasteiger partial charge in [0.1, 0.15) is 23.3 Å². The van der Waals surface area contributed by atoms with Gasteiger partial charge in [0, 0.05) is 24.9 Å². The van der Waals surface area contributed by atoms with Gasteiger partial charge in [-0.3, -0.25) is 18.2 Å². The van der Waals surface area contributed by atoms with Gasteiger partial charge < -0.3 is 16.4 Å². The largest absolute Gasteiger partial charge is 0.382 e. The van der Waals surface area contributed by atoms with E-state index in [-0.39, 0.29) is 63.4 Å². The zero-order chi connectivity index (χ0) is 55.7. The number of nitriles is 2. The maximum Gasteiger partial charge on any atom is 0.294 e. The smallest absolute Gasteiger partial charge is 0.294 e. The summed E-state index contributed by atoms with van der Waals surface area (Å²) in [5.41, 5.74) is 10.6. The molecular weight excluding hydrogens is 1070 g/mol. The van der Waals surface area contributed by atoms with Gasteiger partial charge in [-0.1, -0.05) is 41.5 Å². The highest BCUT2D eigenvalue weighted by Crippen LogP contribution is 2.41. The molecule has 32 nitrogen and oxygen atoms in total. The van der Waals surface area contributed by atoms with Crippen molar-refractivity contribution in [3.05, 3.63) is 71.3 Å². The summed E-state index contributed by atoms with van der Waals surface area (Å²) in [6.45, 7) is 10.5. The molecule has 0 saturated carbocycles. The quantitative estimate of drug-likeness (QED) is 0.0701. The van der Waals surface area contributed by atoms with E-state index >= 15 is 0 Å². The predicted octanol–water partition coefficient (Wildman–Crippen LogP) is 4.00. The molecule has 0 atom stereocenters. The van der Waals surface area contributed by atoms with Crippen LogP contribution in [-0.2, 0) is 51.3 Å². The first-order valence-electron chi connectivity index (χ1n) is 20.8. The van der Waals surface area contributed by atoms with Crippen LogP contribution in [-0.4, -0.2) is 120 Å². The van der Waals surface area contributed by atoms with E-state index in [9.17, 15) is 62.4 Å². The topological polar surface area (TPSA) is 480 Å². The summed E-state index contributed by atoms with van der Waals surface area (Å²) in [5.74, 6) is -1.76. The van der Waals surface area contributed by atoms with Crippen LogP contribution in [0.4, 0.5) is 40.6 Å². The van der Waals surface area contributed by atoms with E-state index in [1.54, 1.807) is 55.6 Å². The van der Waals surface area contributed by atoms with Crippen molar-refractivity contribution in [2.24, 2.45) is 20.5 Å². The van der Waals surface area contributed by atoms with Crippen LogP contribution in [0, 0.1) is 22.7 Å². The van der Waals surface area contributed by atoms with Gasteiger partial charge in [-0.25, -0.2) is 9.36 Å². The Morgan fingerprint density at radius 1 is 0.533 bits per heavy atom. The Morgan fingerprint density at radius 3 is 1.12 bits per heavy atom. The molecule has 8 N–H and O–H groups in total. The molecule has 36 heteroatoms. The van der Waals surface area contributed by atoms with Crippen molar-refractivity contribution < 1.29 is 51.9 Å². The Morgan fingerprint density at radius 2 is 0.853 bits per heavy atom. The maximum atomic E-state index is 12.1. The summed E-state index contributed by atoms with van der Waals surface area (Å²) in [6.07, 6.45) is 2.01. The third-order valence-corrected chi connectivity index (χ3v) is 13.5. The summed E-state index contributed by atoms with van der Waals surface area (Å²) in [7, 11) is -17.1. The molecule has 392 valence electrons. The highest BCUT2D eigenvalue weighted by molar-refractivity contribution is 7.87. The second kappa shape index (κ2) is 18.8. The van der Waals surface area contributed by atoms with E-state index in [0.29, 0.717) is 12.1 Å². The Hall–Kier alpha value is -8.49. The number of benzene rings is 2. The van der Waals surface area contributed by atoms with Crippen molar-refractivity contribution in [2.75, 3.05) is 30.5 Å². The van der Waals surface area contributed by atoms with Gasteiger partial charge in [0.15, 0.2) is 34.6 Å². The standard InChI is InChI=1S/C39H40N20O12S4/c1-38(2,3)29-27(49-51-33-19(15-40)17-44-56(33)21-9-23(72(60,61)62)13-24(10-21)73(63,64)65)31(42)58(53-29)36-46-35(55(7)8)47-37(48-36)59-32(43)28(30(54-59)39(4,5)6)50-52-34-20(16-41)18-45-57(34)22-11-25(74(66,67)68)14-26(12-22)75(69,70)71/h9-14,17-18H,42-43H2,1-8H3,(H,60,61,62)(H,63,64,65)(H,66,67,68)(H,69,70,71). The number of aromatic nitrogens is 11. The van der Waals surface area contributed by atoms with E-state index in [2.05, 4.69) is 55.8 Å². The molecule has 0 fully saturated rings. The minimum atomic E-state index is -5.06. The first-order chi connectivity index (χ1) is 34.5. The number of hydrogen-bond donors (Lipinski definition) is 6. The molecule has 7 aromatic rings. The SMILES string of the molecule is CN(C)c1nc(-n2nc(C(C)(C)C)c(N=Nc3c(C#N)cnn3-c3cc(S(=O)(=O)O)cc(S(=O)(=O)O)c3)c2N)nc(-n2nc(C(C)(C)C)c(N=Nc3c(C#N)cnn3-c3cc(S(=O)(=O)O)cc(S(=O)(=O)O)c3)c2N)n1. The molecule has 0 aliphatic carbocycles. The summed E-state index contributed by atoms with van der Waals surface area (Å²) in [6, 6.07) is 7.91. The van der Waals surface area contributed by atoms with E-state index in [1.807, 2.05) is 12.1 Å². The van der Waals surface area contributed by atoms with Gasteiger partial charge >= 0.3 is 0 Å². The zero-order valence-corrected chi connectivity index (χ0v) is 43.3. The molecule has 2 aromatic carbocycles. The van der Waals surface area contributed by atoms with Crippen LogP contribution in [0.2, 0.25) is 0 Å². The molecule has 0 unspecified atom stereocenters. The fourth-order valence-electron chi connectivity index (χ4n) is 6.65. The molecular formula is C39H40N20O12S4. The third-order valence-electron chi connectivity index (χ3n) is 10.2. The number of nitrogens with two attached hydrogens (primary N) is 2. The first kappa shape index (κ1) is 54.3. The lowest BCUT2D eigenvalue weighted by molar-refractivity contribution is 0.476. The number of rotatable bonds is 13. The number of azo groups is 2. The molecule has 0 amide bonds. The Labute approximate surface area is 425 Å². The molecule has 0 radical (unpaired) electrons. The molecule has 5 aromatic heterocycles. The van der Waals surface area contributed by atoms with Crippen molar-refractivity contribution >= 4 is 81.1 Å². The van der Waals surface area contributed by atoms with Gasteiger partial charge in [0.2, 0.25) is 5.95 Å². The Kier molecular flexibility index (Phi) is 13.6. The number of anilines is 3. The monoisotopic (exact) mass is 1110 g/mol.